The second-order valence-corrected chi connectivity index (χ2v) is 3.29. The minimum absolute atomic E-state index is 0.0371. The van der Waals surface area contributed by atoms with E-state index in [2.05, 4.69) is 0 Å². The fourth-order valence-electron chi connectivity index (χ4n) is 1.11. The maximum absolute atomic E-state index is 8.54. The van der Waals surface area contributed by atoms with Crippen molar-refractivity contribution >= 4 is 5.70 Å². The topological polar surface area (TPSA) is 73.6 Å². The molecule has 16 heavy (non-hydrogen) atoms. The molecule has 0 heterocycles. The van der Waals surface area contributed by atoms with Gasteiger partial charge in [0, 0.05) is 5.70 Å². The van der Waals surface area contributed by atoms with Crippen molar-refractivity contribution in [2.75, 3.05) is 0 Å². The molecule has 0 saturated heterocycles. The monoisotopic (exact) mass is 209 g/mol. The molecular formula is C13H11N3. The zero-order valence-electron chi connectivity index (χ0n) is 8.94. The van der Waals surface area contributed by atoms with Gasteiger partial charge < -0.3 is 5.73 Å². The smallest absolute Gasteiger partial charge is 0.129 e. The zero-order chi connectivity index (χ0) is 12.0. The molecule has 3 heteroatoms. The maximum Gasteiger partial charge on any atom is 0.129 e. The van der Waals surface area contributed by atoms with Crippen molar-refractivity contribution in [1.82, 2.24) is 0 Å². The first-order valence-corrected chi connectivity index (χ1v) is 4.72. The Morgan fingerprint density at radius 2 is 1.69 bits per heavy atom. The van der Waals surface area contributed by atoms with E-state index in [0.29, 0.717) is 5.70 Å². The van der Waals surface area contributed by atoms with E-state index in [1.165, 1.54) is 6.08 Å². The summed E-state index contributed by atoms with van der Waals surface area (Å²) in [6.45, 7) is 1.99. The average molecular weight is 209 g/mol. The molecule has 1 aromatic carbocycles. The molecule has 0 spiro atoms. The van der Waals surface area contributed by atoms with E-state index in [9.17, 15) is 0 Å². The lowest BCUT2D eigenvalue weighted by molar-refractivity contribution is 1.43. The van der Waals surface area contributed by atoms with Gasteiger partial charge in [0.15, 0.2) is 0 Å². The lowest BCUT2D eigenvalue weighted by Crippen LogP contribution is -1.95. The number of benzene rings is 1. The number of aryl methyl sites for hydroxylation is 1. The molecule has 0 bridgehead atoms. The number of hydrogen-bond acceptors (Lipinski definition) is 3. The zero-order valence-corrected chi connectivity index (χ0v) is 8.94. The van der Waals surface area contributed by atoms with Gasteiger partial charge in [-0.15, -0.1) is 0 Å². The molecule has 0 aromatic heterocycles. The molecule has 0 saturated carbocycles. The number of nitriles is 2. The van der Waals surface area contributed by atoms with E-state index in [4.69, 9.17) is 16.3 Å². The standard InChI is InChI=1S/C13H11N3/c1-10-2-5-12(6-3-10)13(16)7-4-11(8-14)9-15/h2-7H,16H2,1H3. The van der Waals surface area contributed by atoms with Crippen LogP contribution in [0.25, 0.3) is 5.70 Å². The lowest BCUT2D eigenvalue weighted by atomic mass is 10.1. The van der Waals surface area contributed by atoms with Gasteiger partial charge in [0.2, 0.25) is 0 Å². The quantitative estimate of drug-likeness (QED) is 0.599. The van der Waals surface area contributed by atoms with Crippen LogP contribution in [-0.2, 0) is 0 Å². The molecule has 78 valence electrons. The van der Waals surface area contributed by atoms with Crippen molar-refractivity contribution in [3.05, 3.63) is 53.1 Å². The van der Waals surface area contributed by atoms with Crippen molar-refractivity contribution in [2.45, 2.75) is 6.92 Å². The van der Waals surface area contributed by atoms with Gasteiger partial charge in [-0.2, -0.15) is 10.5 Å². The van der Waals surface area contributed by atoms with Crippen LogP contribution in [0.3, 0.4) is 0 Å². The summed E-state index contributed by atoms with van der Waals surface area (Å²) in [5, 5.41) is 17.1. The van der Waals surface area contributed by atoms with Gasteiger partial charge in [-0.25, -0.2) is 0 Å². The Hall–Kier alpha value is -2.52. The number of hydrogen-bond donors (Lipinski definition) is 1. The molecule has 2 N–H and O–H groups in total. The molecule has 0 atom stereocenters. The fourth-order valence-corrected chi connectivity index (χ4v) is 1.11. The Bertz CT molecular complexity index is 492. The van der Waals surface area contributed by atoms with Gasteiger partial charge in [-0.05, 0) is 24.6 Å². The van der Waals surface area contributed by atoms with Crippen LogP contribution in [0.15, 0.2) is 42.0 Å². The molecule has 0 unspecified atom stereocenters. The molecule has 1 rings (SSSR count). The highest BCUT2D eigenvalue weighted by molar-refractivity contribution is 5.65. The predicted octanol–water partition coefficient (Wildman–Crippen LogP) is 2.27. The summed E-state index contributed by atoms with van der Waals surface area (Å²) in [4.78, 5) is 0. The summed E-state index contributed by atoms with van der Waals surface area (Å²) < 4.78 is 0. The van der Waals surface area contributed by atoms with Crippen LogP contribution in [0.1, 0.15) is 11.1 Å². The summed E-state index contributed by atoms with van der Waals surface area (Å²) in [6.07, 6.45) is 2.97. The van der Waals surface area contributed by atoms with Gasteiger partial charge in [0.1, 0.15) is 17.7 Å². The predicted molar refractivity (Wildman–Crippen MR) is 62.7 cm³/mol. The molecule has 0 amide bonds. The van der Waals surface area contributed by atoms with E-state index in [-0.39, 0.29) is 5.57 Å². The maximum atomic E-state index is 8.54. The summed E-state index contributed by atoms with van der Waals surface area (Å²) >= 11 is 0. The van der Waals surface area contributed by atoms with Crippen LogP contribution in [0.4, 0.5) is 0 Å². The lowest BCUT2D eigenvalue weighted by Gasteiger charge is -2.00. The fraction of sp³-hybridized carbons (Fsp3) is 0.0769. The minimum Gasteiger partial charge on any atom is -0.398 e. The summed E-state index contributed by atoms with van der Waals surface area (Å²) in [5.41, 5.74) is 8.39. The highest BCUT2D eigenvalue weighted by Gasteiger charge is 1.95. The highest BCUT2D eigenvalue weighted by Crippen LogP contribution is 2.10. The Morgan fingerprint density at radius 1 is 1.12 bits per heavy atom. The van der Waals surface area contributed by atoms with E-state index in [0.717, 1.165) is 11.1 Å². The van der Waals surface area contributed by atoms with Crippen LogP contribution < -0.4 is 5.73 Å². The molecule has 0 aliphatic heterocycles. The Morgan fingerprint density at radius 3 is 2.19 bits per heavy atom. The van der Waals surface area contributed by atoms with E-state index in [1.54, 1.807) is 18.2 Å². The van der Waals surface area contributed by atoms with Crippen molar-refractivity contribution < 1.29 is 0 Å². The number of allylic oxidation sites excluding steroid dienone is 3. The van der Waals surface area contributed by atoms with Crippen molar-refractivity contribution in [3.63, 3.8) is 0 Å². The molecule has 0 aliphatic rings. The van der Waals surface area contributed by atoms with Crippen LogP contribution in [0.2, 0.25) is 0 Å². The number of nitrogens with two attached hydrogens (primary N) is 1. The first-order chi connectivity index (χ1) is 7.67. The van der Waals surface area contributed by atoms with Gasteiger partial charge in [0.25, 0.3) is 0 Å². The van der Waals surface area contributed by atoms with E-state index >= 15 is 0 Å². The molecule has 0 radical (unpaired) electrons. The molecule has 1 aromatic rings. The minimum atomic E-state index is 0.0371. The van der Waals surface area contributed by atoms with Crippen molar-refractivity contribution in [3.8, 4) is 12.1 Å². The first-order valence-electron chi connectivity index (χ1n) is 4.72. The average Bonchev–Trinajstić information content (AvgIpc) is 2.31. The van der Waals surface area contributed by atoms with E-state index in [1.807, 2.05) is 31.2 Å². The summed E-state index contributed by atoms with van der Waals surface area (Å²) in [6, 6.07) is 11.2. The molecule has 3 nitrogen and oxygen atoms in total. The van der Waals surface area contributed by atoms with Crippen LogP contribution in [0, 0.1) is 29.6 Å². The third kappa shape index (κ3) is 3.01. The van der Waals surface area contributed by atoms with E-state index < -0.39 is 0 Å². The highest BCUT2D eigenvalue weighted by atomic mass is 14.6. The summed E-state index contributed by atoms with van der Waals surface area (Å²) in [5.74, 6) is 0. The van der Waals surface area contributed by atoms with Crippen molar-refractivity contribution in [2.24, 2.45) is 5.73 Å². The largest absolute Gasteiger partial charge is 0.398 e. The molecule has 0 fully saturated rings. The second-order valence-electron chi connectivity index (χ2n) is 3.29. The Kier molecular flexibility index (Phi) is 3.89. The van der Waals surface area contributed by atoms with Crippen LogP contribution in [-0.4, -0.2) is 0 Å². The van der Waals surface area contributed by atoms with Crippen LogP contribution >= 0.6 is 0 Å². The second kappa shape index (κ2) is 5.38. The van der Waals surface area contributed by atoms with Crippen LogP contribution in [0.5, 0.6) is 0 Å². The van der Waals surface area contributed by atoms with Gasteiger partial charge in [0.05, 0.1) is 0 Å². The SMILES string of the molecule is Cc1ccc(C(N)=CC=C(C#N)C#N)cc1. The Labute approximate surface area is 94.7 Å². The number of nitrogens with zero attached hydrogens (tertiary/aromatic N) is 2. The van der Waals surface area contributed by atoms with Gasteiger partial charge in [-0.3, -0.25) is 0 Å². The van der Waals surface area contributed by atoms with Gasteiger partial charge >= 0.3 is 0 Å². The normalized spacial score (nSPS) is 10.1. The first kappa shape index (κ1) is 11.6. The molecule has 0 aliphatic carbocycles. The molecular weight excluding hydrogens is 198 g/mol. The Balaban J connectivity index is 2.96. The van der Waals surface area contributed by atoms with Gasteiger partial charge in [-0.1, -0.05) is 29.8 Å². The summed E-state index contributed by atoms with van der Waals surface area (Å²) in [7, 11) is 0. The van der Waals surface area contributed by atoms with Crippen molar-refractivity contribution in [1.29, 1.82) is 10.5 Å². The third-order valence-electron chi connectivity index (χ3n) is 2.06. The number of rotatable bonds is 2. The third-order valence-corrected chi connectivity index (χ3v) is 2.06.